The molecule has 0 fully saturated rings. The average molecular weight is 133 g/mol. The molecule has 2 rings (SSSR count). The highest BCUT2D eigenvalue weighted by molar-refractivity contribution is 5.21. The molecule has 1 N–H and O–H groups in total. The van der Waals surface area contributed by atoms with E-state index in [4.69, 9.17) is 0 Å². The highest BCUT2D eigenvalue weighted by Gasteiger charge is 2.06. The van der Waals surface area contributed by atoms with Gasteiger partial charge in [0.05, 0.1) is 11.9 Å². The predicted molar refractivity (Wildman–Crippen MR) is 38.5 cm³/mol. The molecule has 1 aliphatic rings. The maximum absolute atomic E-state index is 4.13. The summed E-state index contributed by atoms with van der Waals surface area (Å²) in [5.74, 6) is 0. The minimum atomic E-state index is 0.909. The van der Waals surface area contributed by atoms with E-state index in [1.54, 1.807) is 0 Å². The third-order valence-corrected chi connectivity index (χ3v) is 1.79. The van der Waals surface area contributed by atoms with E-state index in [-0.39, 0.29) is 0 Å². The monoisotopic (exact) mass is 133 g/mol. The minimum absolute atomic E-state index is 0.909. The number of nitrogens with one attached hydrogen (secondary N) is 1. The molecule has 51 valence electrons. The summed E-state index contributed by atoms with van der Waals surface area (Å²) in [5, 5.41) is 3.26. The predicted octanol–water partition coefficient (Wildman–Crippen LogP) is 0.527. The average Bonchev–Trinajstić information content (AvgIpc) is 2.05. The van der Waals surface area contributed by atoms with Crippen LogP contribution in [0, 0.1) is 6.20 Å². The summed E-state index contributed by atoms with van der Waals surface area (Å²) in [4.78, 5) is 4.13. The van der Waals surface area contributed by atoms with Crippen molar-refractivity contribution < 1.29 is 0 Å². The lowest BCUT2D eigenvalue weighted by molar-refractivity contribution is 0.627. The number of fused-ring (bicyclic) bond motifs is 1. The van der Waals surface area contributed by atoms with Crippen molar-refractivity contribution in [1.82, 2.24) is 10.3 Å². The van der Waals surface area contributed by atoms with Crippen LogP contribution in [0.3, 0.4) is 0 Å². The van der Waals surface area contributed by atoms with Crippen molar-refractivity contribution in [3.05, 3.63) is 29.6 Å². The van der Waals surface area contributed by atoms with Gasteiger partial charge in [-0.05, 0) is 24.6 Å². The summed E-state index contributed by atoms with van der Waals surface area (Å²) in [5.41, 5.74) is 2.53. The van der Waals surface area contributed by atoms with E-state index < -0.39 is 0 Å². The zero-order chi connectivity index (χ0) is 6.81. The van der Waals surface area contributed by atoms with Gasteiger partial charge in [0.15, 0.2) is 0 Å². The lowest BCUT2D eigenvalue weighted by atomic mass is 10.1. The van der Waals surface area contributed by atoms with Crippen molar-refractivity contribution in [2.75, 3.05) is 6.54 Å². The molecule has 1 aromatic heterocycles. The Kier molecular flexibility index (Phi) is 1.40. The molecule has 1 radical (unpaired) electrons. The van der Waals surface area contributed by atoms with Crippen molar-refractivity contribution in [1.29, 1.82) is 0 Å². The van der Waals surface area contributed by atoms with Gasteiger partial charge in [-0.25, -0.2) is 4.98 Å². The third kappa shape index (κ3) is 0.907. The van der Waals surface area contributed by atoms with Crippen LogP contribution in [0.4, 0.5) is 0 Å². The molecule has 0 bridgehead atoms. The van der Waals surface area contributed by atoms with E-state index in [1.165, 1.54) is 5.56 Å². The molecule has 1 aromatic rings. The molecule has 0 aliphatic carbocycles. The highest BCUT2D eigenvalue weighted by Crippen LogP contribution is 2.08. The maximum Gasteiger partial charge on any atom is 0.0890 e. The Morgan fingerprint density at radius 3 is 3.50 bits per heavy atom. The third-order valence-electron chi connectivity index (χ3n) is 1.79. The normalized spacial score (nSPS) is 16.4. The lowest BCUT2D eigenvalue weighted by Gasteiger charge is -2.14. The Hall–Kier alpha value is -0.890. The van der Waals surface area contributed by atoms with Crippen LogP contribution in [0.2, 0.25) is 0 Å². The molecule has 0 unspecified atom stereocenters. The zero-order valence-electron chi connectivity index (χ0n) is 5.72. The summed E-state index contributed by atoms with van der Waals surface area (Å²) in [6, 6.07) is 3.98. The quantitative estimate of drug-likeness (QED) is 0.558. The maximum atomic E-state index is 4.13. The highest BCUT2D eigenvalue weighted by atomic mass is 14.9. The van der Waals surface area contributed by atoms with Crippen molar-refractivity contribution >= 4 is 0 Å². The molecule has 10 heavy (non-hydrogen) atoms. The molecule has 0 spiro atoms. The first-order valence-corrected chi connectivity index (χ1v) is 3.52. The molecule has 0 saturated carbocycles. The van der Waals surface area contributed by atoms with Gasteiger partial charge < -0.3 is 5.32 Å². The van der Waals surface area contributed by atoms with Gasteiger partial charge in [0, 0.05) is 6.54 Å². The number of hydrogen-bond donors (Lipinski definition) is 1. The van der Waals surface area contributed by atoms with Crippen LogP contribution in [0.1, 0.15) is 11.3 Å². The molecule has 0 aromatic carbocycles. The Bertz CT molecular complexity index is 207. The van der Waals surface area contributed by atoms with Crippen LogP contribution in [-0.2, 0) is 13.0 Å². The van der Waals surface area contributed by atoms with E-state index >= 15 is 0 Å². The molecular weight excluding hydrogens is 124 g/mol. The smallest absolute Gasteiger partial charge is 0.0890 e. The number of nitrogens with zero attached hydrogens (tertiary/aromatic N) is 1. The summed E-state index contributed by atoms with van der Waals surface area (Å²) >= 11 is 0. The van der Waals surface area contributed by atoms with Gasteiger partial charge >= 0.3 is 0 Å². The number of pyridine rings is 1. The molecule has 0 amide bonds. The van der Waals surface area contributed by atoms with Crippen LogP contribution in [0.25, 0.3) is 0 Å². The van der Waals surface area contributed by atoms with Gasteiger partial charge in [-0.1, -0.05) is 6.07 Å². The fraction of sp³-hybridized carbons (Fsp3) is 0.375. The van der Waals surface area contributed by atoms with Crippen LogP contribution in [-0.4, -0.2) is 11.5 Å². The SMILES string of the molecule is [c]1ccc2c(n1)CNCC2. The molecule has 0 atom stereocenters. The first-order valence-electron chi connectivity index (χ1n) is 3.52. The summed E-state index contributed by atoms with van der Waals surface area (Å²) in [6.07, 6.45) is 3.94. The van der Waals surface area contributed by atoms with Crippen molar-refractivity contribution in [3.8, 4) is 0 Å². The van der Waals surface area contributed by atoms with E-state index in [1.807, 2.05) is 6.07 Å². The first kappa shape index (κ1) is 5.86. The fourth-order valence-electron chi connectivity index (χ4n) is 1.23. The lowest BCUT2D eigenvalue weighted by Crippen LogP contribution is -2.24. The molecular formula is C8H9N2. The second-order valence-electron chi connectivity index (χ2n) is 2.47. The van der Waals surface area contributed by atoms with Gasteiger partial charge in [0.25, 0.3) is 0 Å². The van der Waals surface area contributed by atoms with Crippen molar-refractivity contribution in [3.63, 3.8) is 0 Å². The van der Waals surface area contributed by atoms with E-state index in [0.717, 1.165) is 25.2 Å². The molecule has 2 heterocycles. The number of rotatable bonds is 0. The van der Waals surface area contributed by atoms with Gasteiger partial charge in [0.1, 0.15) is 0 Å². The zero-order valence-corrected chi connectivity index (χ0v) is 5.72. The Labute approximate surface area is 60.3 Å². The number of hydrogen-bond acceptors (Lipinski definition) is 2. The van der Waals surface area contributed by atoms with Crippen LogP contribution < -0.4 is 5.32 Å². The van der Waals surface area contributed by atoms with Gasteiger partial charge in [-0.15, -0.1) is 0 Å². The fourth-order valence-corrected chi connectivity index (χ4v) is 1.23. The second-order valence-corrected chi connectivity index (χ2v) is 2.47. The second kappa shape index (κ2) is 2.39. The van der Waals surface area contributed by atoms with E-state index in [2.05, 4.69) is 22.6 Å². The Morgan fingerprint density at radius 1 is 1.60 bits per heavy atom. The van der Waals surface area contributed by atoms with Crippen LogP contribution >= 0.6 is 0 Å². The van der Waals surface area contributed by atoms with Crippen molar-refractivity contribution in [2.45, 2.75) is 13.0 Å². The van der Waals surface area contributed by atoms with E-state index in [0.29, 0.717) is 0 Å². The van der Waals surface area contributed by atoms with Crippen LogP contribution in [0.5, 0.6) is 0 Å². The van der Waals surface area contributed by atoms with Gasteiger partial charge in [-0.3, -0.25) is 0 Å². The molecule has 2 nitrogen and oxygen atoms in total. The number of aromatic nitrogens is 1. The first-order chi connectivity index (χ1) is 4.97. The Balaban J connectivity index is 2.41. The van der Waals surface area contributed by atoms with Crippen molar-refractivity contribution in [2.24, 2.45) is 0 Å². The minimum Gasteiger partial charge on any atom is -0.311 e. The topological polar surface area (TPSA) is 24.9 Å². The summed E-state index contributed by atoms with van der Waals surface area (Å²) in [6.45, 7) is 1.99. The van der Waals surface area contributed by atoms with Gasteiger partial charge in [-0.2, -0.15) is 0 Å². The summed E-state index contributed by atoms with van der Waals surface area (Å²) < 4.78 is 0. The van der Waals surface area contributed by atoms with Gasteiger partial charge in [0.2, 0.25) is 0 Å². The van der Waals surface area contributed by atoms with Crippen LogP contribution in [0.15, 0.2) is 12.1 Å². The Morgan fingerprint density at radius 2 is 2.60 bits per heavy atom. The molecule has 0 saturated heterocycles. The standard InChI is InChI=1S/C8H9N2/c1-2-7-3-5-9-6-8(7)10-4-1/h1-2,9H,3,5-6H2. The molecule has 1 aliphatic heterocycles. The molecule has 2 heteroatoms. The van der Waals surface area contributed by atoms with E-state index in [9.17, 15) is 0 Å². The summed E-state index contributed by atoms with van der Waals surface area (Å²) in [7, 11) is 0. The largest absolute Gasteiger partial charge is 0.311 e.